The second-order valence-corrected chi connectivity index (χ2v) is 14.6. The maximum absolute atomic E-state index is 2.62. The Balaban J connectivity index is 0.000000204. The SMILES string of the molecule is [CH3-].[Ru+6].[c-]1[c-][c-][cH-][c-]1.c1ccc([PH+](c2ccccc2)c2ccccc2)cc1.c1ccc([PH+](c2ccccc2)c2ccccc2)cc1. The van der Waals surface area contributed by atoms with Gasteiger partial charge < -0.3 is 37.8 Å². The Hall–Kier alpha value is -3.85. The molecule has 7 rings (SSSR count). The largest absolute Gasteiger partial charge is 6.00 e. The van der Waals surface area contributed by atoms with Crippen molar-refractivity contribution in [3.63, 3.8) is 0 Å². The van der Waals surface area contributed by atoms with E-state index in [1.807, 2.05) is 0 Å². The van der Waals surface area contributed by atoms with Crippen molar-refractivity contribution in [1.82, 2.24) is 0 Å². The molecular formula is C42H36P2Ru+2. The number of hydrogen-bond donors (Lipinski definition) is 0. The average Bonchev–Trinajstić information content (AvgIpc) is 3.69. The van der Waals surface area contributed by atoms with E-state index in [-0.39, 0.29) is 26.9 Å². The van der Waals surface area contributed by atoms with E-state index in [4.69, 9.17) is 0 Å². The molecule has 0 saturated heterocycles. The van der Waals surface area contributed by atoms with E-state index in [1.165, 1.54) is 31.8 Å². The van der Waals surface area contributed by atoms with Crippen molar-refractivity contribution in [2.75, 3.05) is 0 Å². The number of benzene rings is 6. The Morgan fingerprint density at radius 2 is 0.489 bits per heavy atom. The Morgan fingerprint density at radius 1 is 0.311 bits per heavy atom. The zero-order valence-electron chi connectivity index (χ0n) is 25.3. The minimum Gasteiger partial charge on any atom is -0.999 e. The predicted molar refractivity (Wildman–Crippen MR) is 197 cm³/mol. The molecule has 0 aliphatic carbocycles. The predicted octanol–water partition coefficient (Wildman–Crippen LogP) is 7.41. The van der Waals surface area contributed by atoms with Crippen LogP contribution in [0.1, 0.15) is 0 Å². The van der Waals surface area contributed by atoms with E-state index >= 15 is 0 Å². The van der Waals surface area contributed by atoms with Crippen LogP contribution < -0.4 is 31.8 Å². The van der Waals surface area contributed by atoms with Crippen LogP contribution in [0.25, 0.3) is 0 Å². The van der Waals surface area contributed by atoms with E-state index in [2.05, 4.69) is 206 Å². The summed E-state index contributed by atoms with van der Waals surface area (Å²) in [6.07, 6.45) is 0. The van der Waals surface area contributed by atoms with Gasteiger partial charge in [-0.15, -0.1) is 0 Å². The van der Waals surface area contributed by atoms with Gasteiger partial charge in [0.25, 0.3) is 0 Å². The van der Waals surface area contributed by atoms with Crippen molar-refractivity contribution < 1.29 is 19.5 Å². The van der Waals surface area contributed by atoms with Crippen LogP contribution in [0.5, 0.6) is 0 Å². The van der Waals surface area contributed by atoms with Gasteiger partial charge in [0, 0.05) is 0 Å². The number of hydrogen-bond acceptors (Lipinski definition) is 0. The Labute approximate surface area is 285 Å². The van der Waals surface area contributed by atoms with Crippen LogP contribution in [0, 0.1) is 31.7 Å². The fourth-order valence-corrected chi connectivity index (χ4v) is 9.96. The molecule has 3 heteroatoms. The standard InChI is InChI=1S/2C18H15P.C5H.CH3.Ru/c2*1-4-10-16(11-5-1)19(17-12-6-2-7-13-17)18-14-8-3-9-15-18;1-2-4-5-3-1;;/h2*1-15H;1H;1H3;/q;;-5;-1;+6/p+2. The molecule has 0 amide bonds. The molecule has 0 spiro atoms. The fourth-order valence-electron chi connectivity index (χ4n) is 4.81. The third-order valence-electron chi connectivity index (χ3n) is 6.73. The molecule has 0 aromatic heterocycles. The molecule has 0 aliphatic rings. The molecule has 220 valence electrons. The second-order valence-electron chi connectivity index (χ2n) is 9.63. The van der Waals surface area contributed by atoms with Crippen LogP contribution in [0.3, 0.4) is 0 Å². The molecule has 0 aliphatic heterocycles. The van der Waals surface area contributed by atoms with Crippen molar-refractivity contribution in [3.8, 4) is 0 Å². The van der Waals surface area contributed by atoms with Gasteiger partial charge in [0.2, 0.25) is 0 Å². The minimum absolute atomic E-state index is 0. The molecule has 0 heterocycles. The molecule has 0 saturated carbocycles. The summed E-state index contributed by atoms with van der Waals surface area (Å²) in [6.45, 7) is 0. The van der Waals surface area contributed by atoms with E-state index in [1.54, 1.807) is 6.07 Å². The van der Waals surface area contributed by atoms with Crippen molar-refractivity contribution in [1.29, 1.82) is 0 Å². The zero-order valence-corrected chi connectivity index (χ0v) is 29.0. The van der Waals surface area contributed by atoms with Crippen LogP contribution >= 0.6 is 15.8 Å². The molecular weight excluding hydrogens is 667 g/mol. The molecule has 0 bridgehead atoms. The fraction of sp³-hybridized carbons (Fsp3) is 0. The van der Waals surface area contributed by atoms with Crippen LogP contribution in [0.15, 0.2) is 188 Å². The zero-order chi connectivity index (χ0) is 29.4. The topological polar surface area (TPSA) is 0 Å². The molecule has 0 N–H and O–H groups in total. The molecule has 0 fully saturated rings. The van der Waals surface area contributed by atoms with Gasteiger partial charge >= 0.3 is 19.5 Å². The number of rotatable bonds is 6. The Morgan fingerprint density at radius 3 is 0.622 bits per heavy atom. The summed E-state index contributed by atoms with van der Waals surface area (Å²) in [4.78, 5) is 0. The molecule has 45 heavy (non-hydrogen) atoms. The summed E-state index contributed by atoms with van der Waals surface area (Å²) in [6, 6.07) is 77.0. The first-order chi connectivity index (χ1) is 21.4. The van der Waals surface area contributed by atoms with Gasteiger partial charge in [0.1, 0.15) is 31.8 Å². The first-order valence-electron chi connectivity index (χ1n) is 14.3. The molecule has 0 unspecified atom stereocenters. The van der Waals surface area contributed by atoms with Gasteiger partial charge in [-0.25, -0.2) is 0 Å². The average molecular weight is 704 g/mol. The Bertz CT molecular complexity index is 1350. The quantitative estimate of drug-likeness (QED) is 0.0963. The molecule has 7 aromatic carbocycles. The third-order valence-corrected chi connectivity index (χ3v) is 12.2. The maximum atomic E-state index is 2.62. The van der Waals surface area contributed by atoms with Gasteiger partial charge in [-0.3, -0.25) is 0 Å². The first-order valence-corrected chi connectivity index (χ1v) is 17.3. The maximum Gasteiger partial charge on any atom is 6.00 e. The third kappa shape index (κ3) is 10.9. The van der Waals surface area contributed by atoms with Crippen molar-refractivity contribution in [2.24, 2.45) is 0 Å². The second kappa shape index (κ2) is 20.2. The smallest absolute Gasteiger partial charge is 0.999 e. The monoisotopic (exact) mass is 704 g/mol. The first kappa shape index (κ1) is 35.6. The van der Waals surface area contributed by atoms with Gasteiger partial charge in [-0.2, -0.15) is 0 Å². The van der Waals surface area contributed by atoms with Crippen molar-refractivity contribution in [2.45, 2.75) is 0 Å². The van der Waals surface area contributed by atoms with Gasteiger partial charge in [-0.1, -0.05) is 109 Å². The summed E-state index contributed by atoms with van der Waals surface area (Å²) in [7, 11) is -1.75. The molecule has 7 aromatic rings. The van der Waals surface area contributed by atoms with Crippen LogP contribution in [-0.4, -0.2) is 0 Å². The minimum atomic E-state index is -0.877. The van der Waals surface area contributed by atoms with Crippen LogP contribution in [0.4, 0.5) is 0 Å². The summed E-state index contributed by atoms with van der Waals surface area (Å²) >= 11 is 0. The van der Waals surface area contributed by atoms with Crippen LogP contribution in [0.2, 0.25) is 0 Å². The summed E-state index contributed by atoms with van der Waals surface area (Å²) in [5.74, 6) is 0. The summed E-state index contributed by atoms with van der Waals surface area (Å²) in [5, 5.41) is 8.61. The van der Waals surface area contributed by atoms with Crippen LogP contribution in [-0.2, 0) is 19.5 Å². The van der Waals surface area contributed by atoms with E-state index < -0.39 is 15.8 Å². The van der Waals surface area contributed by atoms with E-state index in [0.29, 0.717) is 0 Å². The van der Waals surface area contributed by atoms with E-state index in [9.17, 15) is 0 Å². The van der Waals surface area contributed by atoms with Gasteiger partial charge in [0.15, 0.2) is 0 Å². The molecule has 0 radical (unpaired) electrons. The molecule has 0 atom stereocenters. The molecule has 0 nitrogen and oxygen atoms in total. The van der Waals surface area contributed by atoms with Crippen molar-refractivity contribution >= 4 is 47.7 Å². The normalized spacial score (nSPS) is 9.82. The van der Waals surface area contributed by atoms with Crippen molar-refractivity contribution in [3.05, 3.63) is 220 Å². The summed E-state index contributed by atoms with van der Waals surface area (Å²) in [5.41, 5.74) is 0. The Kier molecular flexibility index (Phi) is 16.0. The summed E-state index contributed by atoms with van der Waals surface area (Å²) < 4.78 is 0. The van der Waals surface area contributed by atoms with E-state index in [0.717, 1.165) is 0 Å². The van der Waals surface area contributed by atoms with Gasteiger partial charge in [0.05, 0.1) is 15.8 Å². The van der Waals surface area contributed by atoms with Gasteiger partial charge in [-0.05, 0) is 72.8 Å².